The van der Waals surface area contributed by atoms with Crippen molar-refractivity contribution in [3.63, 3.8) is 0 Å². The van der Waals surface area contributed by atoms with Crippen molar-refractivity contribution in [2.75, 3.05) is 34.3 Å². The first kappa shape index (κ1) is 17.0. The Morgan fingerprint density at radius 2 is 2.10 bits per heavy atom. The smallest absolute Gasteiger partial charge is 0.119 e. The summed E-state index contributed by atoms with van der Waals surface area (Å²) in [4.78, 5) is 2.17. The van der Waals surface area contributed by atoms with Gasteiger partial charge in [0.1, 0.15) is 5.75 Å². The SMILES string of the molecule is CCC(NCCCN(C)C)C(O)c1cccc(OC)c1. The molecule has 0 saturated carbocycles. The molecule has 0 aliphatic heterocycles. The quantitative estimate of drug-likeness (QED) is 0.680. The number of nitrogens with zero attached hydrogens (tertiary/aromatic N) is 1. The van der Waals surface area contributed by atoms with Gasteiger partial charge >= 0.3 is 0 Å². The van der Waals surface area contributed by atoms with E-state index in [-0.39, 0.29) is 6.04 Å². The van der Waals surface area contributed by atoms with Gasteiger partial charge < -0.3 is 20.1 Å². The molecule has 4 nitrogen and oxygen atoms in total. The molecule has 0 aliphatic rings. The van der Waals surface area contributed by atoms with E-state index in [2.05, 4.69) is 31.2 Å². The van der Waals surface area contributed by atoms with E-state index in [9.17, 15) is 5.11 Å². The van der Waals surface area contributed by atoms with Crippen molar-refractivity contribution in [1.29, 1.82) is 0 Å². The monoisotopic (exact) mass is 280 g/mol. The summed E-state index contributed by atoms with van der Waals surface area (Å²) in [7, 11) is 5.78. The average molecular weight is 280 g/mol. The molecule has 1 aromatic carbocycles. The zero-order valence-electron chi connectivity index (χ0n) is 13.1. The Morgan fingerprint density at radius 1 is 1.35 bits per heavy atom. The highest BCUT2D eigenvalue weighted by atomic mass is 16.5. The van der Waals surface area contributed by atoms with Crippen molar-refractivity contribution < 1.29 is 9.84 Å². The van der Waals surface area contributed by atoms with Crippen LogP contribution in [0.25, 0.3) is 0 Å². The summed E-state index contributed by atoms with van der Waals surface area (Å²) >= 11 is 0. The number of aliphatic hydroxyl groups is 1. The third kappa shape index (κ3) is 5.49. The van der Waals surface area contributed by atoms with Gasteiger partial charge in [-0.1, -0.05) is 19.1 Å². The maximum absolute atomic E-state index is 10.5. The molecule has 2 N–H and O–H groups in total. The number of methoxy groups -OCH3 is 1. The minimum atomic E-state index is -0.505. The zero-order chi connectivity index (χ0) is 15.0. The molecular formula is C16H28N2O2. The van der Waals surface area contributed by atoms with Gasteiger partial charge in [0.2, 0.25) is 0 Å². The Balaban J connectivity index is 2.54. The number of ether oxygens (including phenoxy) is 1. The van der Waals surface area contributed by atoms with Crippen LogP contribution in [0.15, 0.2) is 24.3 Å². The molecule has 0 saturated heterocycles. The van der Waals surface area contributed by atoms with Gasteiger partial charge in [0, 0.05) is 6.04 Å². The molecule has 2 unspecified atom stereocenters. The van der Waals surface area contributed by atoms with Crippen LogP contribution in [0.1, 0.15) is 31.4 Å². The minimum Gasteiger partial charge on any atom is -0.497 e. The van der Waals surface area contributed by atoms with Crippen LogP contribution >= 0.6 is 0 Å². The number of rotatable bonds is 9. The van der Waals surface area contributed by atoms with Crippen molar-refractivity contribution in [3.8, 4) is 5.75 Å². The molecule has 0 radical (unpaired) electrons. The van der Waals surface area contributed by atoms with Gasteiger partial charge in [0.25, 0.3) is 0 Å². The fourth-order valence-corrected chi connectivity index (χ4v) is 2.22. The maximum Gasteiger partial charge on any atom is 0.119 e. The lowest BCUT2D eigenvalue weighted by Gasteiger charge is -2.24. The molecule has 20 heavy (non-hydrogen) atoms. The van der Waals surface area contributed by atoms with Crippen LogP contribution in [0.5, 0.6) is 5.75 Å². The molecule has 0 bridgehead atoms. The van der Waals surface area contributed by atoms with E-state index in [1.165, 1.54) is 0 Å². The molecule has 1 aromatic rings. The Hall–Kier alpha value is -1.10. The highest BCUT2D eigenvalue weighted by molar-refractivity contribution is 5.30. The van der Waals surface area contributed by atoms with Gasteiger partial charge in [0.15, 0.2) is 0 Å². The number of aliphatic hydroxyl groups excluding tert-OH is 1. The summed E-state index contributed by atoms with van der Waals surface area (Å²) in [6.07, 6.45) is 1.46. The first-order valence-electron chi connectivity index (χ1n) is 7.28. The molecule has 0 aliphatic carbocycles. The van der Waals surface area contributed by atoms with Gasteiger partial charge in [-0.05, 0) is 57.7 Å². The second kappa shape index (κ2) is 8.95. The van der Waals surface area contributed by atoms with Gasteiger partial charge in [0.05, 0.1) is 13.2 Å². The summed E-state index contributed by atoms with van der Waals surface area (Å²) in [6.45, 7) is 4.06. The molecule has 0 fully saturated rings. The van der Waals surface area contributed by atoms with Crippen LogP contribution in [0.3, 0.4) is 0 Å². The predicted octanol–water partition coefficient (Wildman–Crippen LogP) is 2.05. The van der Waals surface area contributed by atoms with Crippen LogP contribution in [0.2, 0.25) is 0 Å². The van der Waals surface area contributed by atoms with Crippen molar-refractivity contribution in [3.05, 3.63) is 29.8 Å². The lowest BCUT2D eigenvalue weighted by atomic mass is 10.00. The standard InChI is InChI=1S/C16H28N2O2/c1-5-15(17-10-7-11-18(2)3)16(19)13-8-6-9-14(12-13)20-4/h6,8-9,12,15-17,19H,5,7,10-11H2,1-4H3. The summed E-state index contributed by atoms with van der Waals surface area (Å²) in [6, 6.07) is 7.72. The number of hydrogen-bond acceptors (Lipinski definition) is 4. The first-order valence-corrected chi connectivity index (χ1v) is 7.28. The van der Waals surface area contributed by atoms with E-state index in [1.54, 1.807) is 7.11 Å². The lowest BCUT2D eigenvalue weighted by Crippen LogP contribution is -2.36. The van der Waals surface area contributed by atoms with Crippen LogP contribution in [0, 0.1) is 0 Å². The van der Waals surface area contributed by atoms with Crippen LogP contribution in [-0.4, -0.2) is 50.3 Å². The van der Waals surface area contributed by atoms with Crippen molar-refractivity contribution in [2.45, 2.75) is 31.9 Å². The fraction of sp³-hybridized carbons (Fsp3) is 0.625. The molecular weight excluding hydrogens is 252 g/mol. The fourth-order valence-electron chi connectivity index (χ4n) is 2.22. The zero-order valence-corrected chi connectivity index (χ0v) is 13.1. The predicted molar refractivity (Wildman–Crippen MR) is 83.2 cm³/mol. The minimum absolute atomic E-state index is 0.0734. The largest absolute Gasteiger partial charge is 0.497 e. The summed E-state index contributed by atoms with van der Waals surface area (Å²) in [5.74, 6) is 0.781. The Labute approximate surface area is 122 Å². The van der Waals surface area contributed by atoms with Crippen LogP contribution < -0.4 is 10.1 Å². The van der Waals surface area contributed by atoms with Crippen molar-refractivity contribution in [2.24, 2.45) is 0 Å². The van der Waals surface area contributed by atoms with E-state index in [4.69, 9.17) is 4.74 Å². The topological polar surface area (TPSA) is 44.7 Å². The van der Waals surface area contributed by atoms with Gasteiger partial charge in [-0.25, -0.2) is 0 Å². The molecule has 0 amide bonds. The third-order valence-corrected chi connectivity index (χ3v) is 3.44. The second-order valence-electron chi connectivity index (χ2n) is 5.35. The Kier molecular flexibility index (Phi) is 7.59. The summed E-state index contributed by atoms with van der Waals surface area (Å²) < 4.78 is 5.21. The normalized spacial score (nSPS) is 14.3. The van der Waals surface area contributed by atoms with Crippen LogP contribution in [-0.2, 0) is 0 Å². The molecule has 0 heterocycles. The van der Waals surface area contributed by atoms with Gasteiger partial charge in [-0.3, -0.25) is 0 Å². The number of nitrogens with one attached hydrogen (secondary N) is 1. The van der Waals surface area contributed by atoms with E-state index < -0.39 is 6.10 Å². The van der Waals surface area contributed by atoms with E-state index in [1.807, 2.05) is 24.3 Å². The van der Waals surface area contributed by atoms with E-state index in [0.717, 1.165) is 37.2 Å². The third-order valence-electron chi connectivity index (χ3n) is 3.44. The molecule has 0 spiro atoms. The van der Waals surface area contributed by atoms with E-state index >= 15 is 0 Å². The highest BCUT2D eigenvalue weighted by Crippen LogP contribution is 2.22. The molecule has 1 rings (SSSR count). The van der Waals surface area contributed by atoms with Crippen molar-refractivity contribution in [1.82, 2.24) is 10.2 Å². The summed E-state index contributed by atoms with van der Waals surface area (Å²) in [5, 5.41) is 13.9. The maximum atomic E-state index is 10.5. The second-order valence-corrected chi connectivity index (χ2v) is 5.35. The molecule has 4 heteroatoms. The number of benzene rings is 1. The Morgan fingerprint density at radius 3 is 2.70 bits per heavy atom. The van der Waals surface area contributed by atoms with Crippen LogP contribution in [0.4, 0.5) is 0 Å². The van der Waals surface area contributed by atoms with Crippen molar-refractivity contribution >= 4 is 0 Å². The lowest BCUT2D eigenvalue weighted by molar-refractivity contribution is 0.125. The molecule has 114 valence electrons. The first-order chi connectivity index (χ1) is 9.58. The van der Waals surface area contributed by atoms with E-state index in [0.29, 0.717) is 0 Å². The molecule has 2 atom stereocenters. The summed E-state index contributed by atoms with van der Waals surface area (Å²) in [5.41, 5.74) is 0.899. The molecule has 0 aromatic heterocycles. The average Bonchev–Trinajstić information content (AvgIpc) is 2.46. The Bertz CT molecular complexity index is 382. The van der Waals surface area contributed by atoms with Gasteiger partial charge in [-0.2, -0.15) is 0 Å². The number of hydrogen-bond donors (Lipinski definition) is 2. The van der Waals surface area contributed by atoms with Gasteiger partial charge in [-0.15, -0.1) is 0 Å². The highest BCUT2D eigenvalue weighted by Gasteiger charge is 2.18.